The van der Waals surface area contributed by atoms with Gasteiger partial charge >= 0.3 is 151 Å². The van der Waals surface area contributed by atoms with Gasteiger partial charge in [-0.15, -0.1) is 6.42 Å². The van der Waals surface area contributed by atoms with Gasteiger partial charge in [-0.05, 0) is 0 Å². The van der Waals surface area contributed by atoms with Gasteiger partial charge in [0.15, 0.2) is 0 Å². The summed E-state index contributed by atoms with van der Waals surface area (Å²) in [5.41, 5.74) is 0. The monoisotopic (exact) mass is 471 g/mol. The molecule has 0 saturated carbocycles. The fraction of sp³-hybridized carbons (Fsp3) is 0.733. The fourth-order valence-corrected chi connectivity index (χ4v) is 3.74. The molecule has 0 aromatic heterocycles. The number of hydrogen-bond donors (Lipinski definition) is 0. The van der Waals surface area contributed by atoms with Crippen LogP contribution < -0.4 is 151 Å². The Labute approximate surface area is 340 Å². The predicted octanol–water partition coefficient (Wildman–Crippen LogP) is -13.5. The van der Waals surface area contributed by atoms with Gasteiger partial charge in [-0.3, -0.25) is 0 Å². The largest absolute Gasteiger partial charge is 1.00 e. The van der Waals surface area contributed by atoms with E-state index < -0.39 is 0 Å². The molecule has 0 aromatic carbocycles. The average molecular weight is 470 g/mol. The molecule has 0 spiro atoms. The SMILES string of the molecule is [CH2-]C[CH-]C[CH-]CC[CH-]CC[CH-]CCC[CH-]CCCC[CH-]CCCCCCCCC[CH2-].[Li+].[Li+].[Li+].[Li+].[Li+].[Li+].[Li+].[Li+]. The average Bonchev–Trinajstić information content (AvgIpc) is 2.76. The normalized spacial score (nSPS) is 9.00. The van der Waals surface area contributed by atoms with E-state index >= 15 is 0 Å². The zero-order valence-corrected chi connectivity index (χ0v) is 28.4. The molecule has 0 N–H and O–H groups in total. The second-order valence-corrected chi connectivity index (χ2v) is 8.74. The molecule has 0 aliphatic heterocycles. The zero-order chi connectivity index (χ0) is 21.8. The number of unbranched alkanes of at least 4 members (excludes halogenated alkanes) is 27. The van der Waals surface area contributed by atoms with Crippen molar-refractivity contribution in [2.75, 3.05) is 0 Å². The summed E-state index contributed by atoms with van der Waals surface area (Å²) in [6.07, 6.45) is 43.3. The third-order valence-corrected chi connectivity index (χ3v) is 5.73. The standard InChI is InChI=1S/C30H54.8Li/c1-3-5-7-9-11-13-15-17-19-21-23-25-27-29-30-28-26-24-22-20-18-16-14-12-10-8-6-4-2;;;;;;;;/h5,9,15,21-22,29H,1-4,6-8,10-14,16-20,23-28,30H2;;;;;;;;/q-8;8*+1. The van der Waals surface area contributed by atoms with Crippen LogP contribution in [-0.2, 0) is 0 Å². The Kier molecular flexibility index (Phi) is 111. The van der Waals surface area contributed by atoms with Crippen LogP contribution >= 0.6 is 0 Å². The molecule has 0 aliphatic rings. The first-order valence-electron chi connectivity index (χ1n) is 13.4. The van der Waals surface area contributed by atoms with Crippen LogP contribution in [0.5, 0.6) is 0 Å². The summed E-state index contributed by atoms with van der Waals surface area (Å²) >= 11 is 0. The van der Waals surface area contributed by atoms with Crippen molar-refractivity contribution in [2.45, 2.75) is 141 Å². The van der Waals surface area contributed by atoms with E-state index in [1.54, 1.807) is 0 Å². The molecule has 0 bridgehead atoms. The molecule has 0 saturated heterocycles. The van der Waals surface area contributed by atoms with Gasteiger partial charge in [0, 0.05) is 0 Å². The van der Waals surface area contributed by atoms with Crippen molar-refractivity contribution in [3.63, 3.8) is 0 Å². The summed E-state index contributed by atoms with van der Waals surface area (Å²) in [5, 5.41) is 0. The maximum Gasteiger partial charge on any atom is 1.00 e. The van der Waals surface area contributed by atoms with Crippen LogP contribution in [0.2, 0.25) is 0 Å². The molecule has 8 heteroatoms. The molecular formula is C30H54Li8. The van der Waals surface area contributed by atoms with Crippen LogP contribution in [0.4, 0.5) is 0 Å². The van der Waals surface area contributed by atoms with Gasteiger partial charge in [-0.1, -0.05) is 57.8 Å². The first-order valence-corrected chi connectivity index (χ1v) is 13.4. The molecule has 0 atom stereocenters. The van der Waals surface area contributed by atoms with Gasteiger partial charge in [0.1, 0.15) is 0 Å². The Hall–Kier alpha value is 4.78. The minimum atomic E-state index is 0. The summed E-state index contributed by atoms with van der Waals surface area (Å²) in [6.45, 7) is 7.73. The Bertz CT molecular complexity index is 269. The molecule has 38 heavy (non-hydrogen) atoms. The van der Waals surface area contributed by atoms with Crippen LogP contribution in [0, 0.1) is 52.4 Å². The summed E-state index contributed by atoms with van der Waals surface area (Å²) < 4.78 is 0. The third kappa shape index (κ3) is 63.9. The first-order chi connectivity index (χ1) is 14.9. The van der Waals surface area contributed by atoms with Crippen molar-refractivity contribution >= 4 is 0 Å². The molecule has 0 nitrogen and oxygen atoms in total. The van der Waals surface area contributed by atoms with E-state index in [2.05, 4.69) is 52.4 Å². The molecule has 0 aromatic rings. The van der Waals surface area contributed by atoms with Crippen molar-refractivity contribution in [1.29, 1.82) is 0 Å². The van der Waals surface area contributed by atoms with Crippen molar-refractivity contribution in [2.24, 2.45) is 0 Å². The molecule has 0 heterocycles. The van der Waals surface area contributed by atoms with Crippen LogP contribution in [0.1, 0.15) is 141 Å². The van der Waals surface area contributed by atoms with E-state index in [0.717, 1.165) is 19.3 Å². The van der Waals surface area contributed by atoms with E-state index in [4.69, 9.17) is 0 Å². The van der Waals surface area contributed by atoms with Gasteiger partial charge in [0.05, 0.1) is 0 Å². The van der Waals surface area contributed by atoms with Crippen LogP contribution in [0.15, 0.2) is 0 Å². The van der Waals surface area contributed by atoms with Gasteiger partial charge in [0.2, 0.25) is 0 Å². The Morgan fingerprint density at radius 1 is 0.289 bits per heavy atom. The minimum absolute atomic E-state index is 0. The van der Waals surface area contributed by atoms with Crippen molar-refractivity contribution < 1.29 is 151 Å². The maximum absolute atomic E-state index is 3.91. The predicted molar refractivity (Wildman–Crippen MR) is 138 cm³/mol. The van der Waals surface area contributed by atoms with Gasteiger partial charge in [-0.25, -0.2) is 25.7 Å². The Morgan fingerprint density at radius 3 is 1.05 bits per heavy atom. The van der Waals surface area contributed by atoms with E-state index in [-0.39, 0.29) is 151 Å². The van der Waals surface area contributed by atoms with E-state index in [1.165, 1.54) is 122 Å². The number of hydrogen-bond acceptors (Lipinski definition) is 0. The van der Waals surface area contributed by atoms with E-state index in [1.807, 2.05) is 0 Å². The Morgan fingerprint density at radius 2 is 0.605 bits per heavy atom. The van der Waals surface area contributed by atoms with Crippen molar-refractivity contribution in [3.8, 4) is 0 Å². The smallest absolute Gasteiger partial charge is 0.386 e. The first kappa shape index (κ1) is 65.4. The molecular weight excluding hydrogens is 416 g/mol. The topological polar surface area (TPSA) is 0 Å². The van der Waals surface area contributed by atoms with Crippen molar-refractivity contribution in [1.82, 2.24) is 0 Å². The molecule has 0 radical (unpaired) electrons. The second kappa shape index (κ2) is 64.7. The molecule has 0 fully saturated rings. The Balaban J connectivity index is -0.000000150. The molecule has 182 valence electrons. The summed E-state index contributed by atoms with van der Waals surface area (Å²) in [6, 6.07) is 0. The number of rotatable bonds is 27. The zero-order valence-electron chi connectivity index (χ0n) is 28.4. The fourth-order valence-electron chi connectivity index (χ4n) is 3.74. The quantitative estimate of drug-likeness (QED) is 0.0636. The van der Waals surface area contributed by atoms with E-state index in [9.17, 15) is 0 Å². The molecule has 0 amide bonds. The van der Waals surface area contributed by atoms with Gasteiger partial charge in [0.25, 0.3) is 0 Å². The van der Waals surface area contributed by atoms with Crippen molar-refractivity contribution in [3.05, 3.63) is 52.4 Å². The van der Waals surface area contributed by atoms with Gasteiger partial charge in [-0.2, -0.15) is 38.5 Å². The van der Waals surface area contributed by atoms with Gasteiger partial charge < -0.3 is 65.2 Å². The second-order valence-electron chi connectivity index (χ2n) is 8.74. The molecule has 0 unspecified atom stereocenters. The summed E-state index contributed by atoms with van der Waals surface area (Å²) in [4.78, 5) is 0. The minimum Gasteiger partial charge on any atom is -0.386 e. The molecule has 0 aliphatic carbocycles. The summed E-state index contributed by atoms with van der Waals surface area (Å²) in [7, 11) is 0. The summed E-state index contributed by atoms with van der Waals surface area (Å²) in [5.74, 6) is 0. The molecule has 0 rings (SSSR count). The van der Waals surface area contributed by atoms with E-state index in [0.29, 0.717) is 0 Å². The van der Waals surface area contributed by atoms with Crippen LogP contribution in [0.25, 0.3) is 0 Å². The van der Waals surface area contributed by atoms with Crippen LogP contribution in [-0.4, -0.2) is 0 Å². The third-order valence-electron chi connectivity index (χ3n) is 5.73. The maximum atomic E-state index is 3.91. The van der Waals surface area contributed by atoms with Crippen LogP contribution in [0.3, 0.4) is 0 Å².